The standard InChI is InChI=1S/C36H55BrO11/c1-11-30(45-26(7)39)24(5)34(37)31(46-27(8)40)19-21(2)13-12-14-22(3)35-23(4)15-16-32(47-28(9)41)36(10,43)18-17-29(44-25(6)38)20-33(42)48-35/h12-16,21,23-24,29-32,34-35,43H,11,17-20H2,1-10H3. The maximum absolute atomic E-state index is 13.1. The summed E-state index contributed by atoms with van der Waals surface area (Å²) in [6.45, 7) is 16.3. The number of halogens is 1. The van der Waals surface area contributed by atoms with Crippen molar-refractivity contribution < 1.29 is 52.8 Å². The Kier molecular flexibility index (Phi) is 18.4. The average Bonchev–Trinajstić information content (AvgIpc) is 2.96. The number of hydrogen-bond acceptors (Lipinski definition) is 11. The van der Waals surface area contributed by atoms with Gasteiger partial charge in [-0.25, -0.2) is 0 Å². The van der Waals surface area contributed by atoms with Gasteiger partial charge in [-0.1, -0.05) is 67.9 Å². The quantitative estimate of drug-likeness (QED) is 0.0767. The van der Waals surface area contributed by atoms with Crippen LogP contribution in [0.5, 0.6) is 0 Å². The minimum absolute atomic E-state index is 0.0353. The molecule has 0 spiro atoms. The van der Waals surface area contributed by atoms with Crippen LogP contribution in [0.15, 0.2) is 36.0 Å². The van der Waals surface area contributed by atoms with Crippen molar-refractivity contribution in [3.8, 4) is 0 Å². The molecule has 12 heteroatoms. The average molecular weight is 744 g/mol. The first-order chi connectivity index (χ1) is 22.3. The number of hydrogen-bond donors (Lipinski definition) is 1. The monoisotopic (exact) mass is 742 g/mol. The van der Waals surface area contributed by atoms with Crippen molar-refractivity contribution in [3.05, 3.63) is 36.0 Å². The van der Waals surface area contributed by atoms with Crippen LogP contribution in [0.2, 0.25) is 0 Å². The molecule has 1 aliphatic heterocycles. The number of allylic oxidation sites excluding steroid dienone is 3. The van der Waals surface area contributed by atoms with Gasteiger partial charge in [-0.2, -0.15) is 0 Å². The van der Waals surface area contributed by atoms with Crippen molar-refractivity contribution in [2.45, 2.75) is 142 Å². The van der Waals surface area contributed by atoms with Crippen molar-refractivity contribution >= 4 is 45.8 Å². The lowest BCUT2D eigenvalue weighted by molar-refractivity contribution is -0.160. The highest BCUT2D eigenvalue weighted by Crippen LogP contribution is 2.30. The van der Waals surface area contributed by atoms with E-state index >= 15 is 0 Å². The summed E-state index contributed by atoms with van der Waals surface area (Å²) in [6, 6.07) is 0. The van der Waals surface area contributed by atoms with Gasteiger partial charge in [0.05, 0.1) is 11.2 Å². The number of esters is 5. The van der Waals surface area contributed by atoms with Crippen LogP contribution in [0, 0.1) is 17.8 Å². The van der Waals surface area contributed by atoms with E-state index in [4.69, 9.17) is 23.7 Å². The predicted molar refractivity (Wildman–Crippen MR) is 184 cm³/mol. The summed E-state index contributed by atoms with van der Waals surface area (Å²) in [7, 11) is 0. The summed E-state index contributed by atoms with van der Waals surface area (Å²) in [5.74, 6) is -3.02. The molecule has 0 saturated heterocycles. The number of carbonyl (C=O) groups is 5. The predicted octanol–water partition coefficient (Wildman–Crippen LogP) is 6.09. The van der Waals surface area contributed by atoms with Crippen LogP contribution in [0.25, 0.3) is 0 Å². The van der Waals surface area contributed by atoms with E-state index in [1.54, 1.807) is 12.2 Å². The van der Waals surface area contributed by atoms with Gasteiger partial charge < -0.3 is 28.8 Å². The normalized spacial score (nSPS) is 27.2. The van der Waals surface area contributed by atoms with E-state index in [9.17, 15) is 29.1 Å². The first-order valence-corrected chi connectivity index (χ1v) is 17.5. The third-order valence-electron chi connectivity index (χ3n) is 8.26. The Balaban J connectivity index is 3.29. The first-order valence-electron chi connectivity index (χ1n) is 16.5. The second-order valence-corrected chi connectivity index (χ2v) is 14.1. The van der Waals surface area contributed by atoms with Gasteiger partial charge in [-0.3, -0.25) is 24.0 Å². The fourth-order valence-electron chi connectivity index (χ4n) is 5.67. The van der Waals surface area contributed by atoms with Crippen LogP contribution >= 0.6 is 15.9 Å². The third-order valence-corrected chi connectivity index (χ3v) is 9.69. The molecule has 11 nitrogen and oxygen atoms in total. The van der Waals surface area contributed by atoms with Gasteiger partial charge in [-0.05, 0) is 57.1 Å². The van der Waals surface area contributed by atoms with E-state index in [-0.39, 0.29) is 53.9 Å². The number of alkyl halides is 1. The van der Waals surface area contributed by atoms with Gasteiger partial charge >= 0.3 is 29.8 Å². The highest BCUT2D eigenvalue weighted by Gasteiger charge is 2.36. The van der Waals surface area contributed by atoms with Crippen molar-refractivity contribution in [2.75, 3.05) is 0 Å². The summed E-state index contributed by atoms with van der Waals surface area (Å²) < 4.78 is 27.9. The fraction of sp³-hybridized carbons (Fsp3) is 0.694. The number of carbonyl (C=O) groups excluding carboxylic acids is 5. The highest BCUT2D eigenvalue weighted by molar-refractivity contribution is 9.09. The maximum atomic E-state index is 13.1. The fourth-order valence-corrected chi connectivity index (χ4v) is 6.33. The molecule has 48 heavy (non-hydrogen) atoms. The molecule has 272 valence electrons. The largest absolute Gasteiger partial charge is 0.462 e. The molecular weight excluding hydrogens is 688 g/mol. The zero-order chi connectivity index (χ0) is 36.8. The molecule has 0 fully saturated rings. The smallest absolute Gasteiger partial charge is 0.310 e. The van der Waals surface area contributed by atoms with Crippen LogP contribution in [0.3, 0.4) is 0 Å². The van der Waals surface area contributed by atoms with E-state index < -0.39 is 53.9 Å². The maximum Gasteiger partial charge on any atom is 0.310 e. The summed E-state index contributed by atoms with van der Waals surface area (Å²) in [5, 5.41) is 11.2. The van der Waals surface area contributed by atoms with E-state index in [2.05, 4.69) is 15.9 Å². The van der Waals surface area contributed by atoms with Gasteiger partial charge in [0.25, 0.3) is 0 Å². The Morgan fingerprint density at radius 3 is 2.12 bits per heavy atom. The molecule has 1 rings (SSSR count). The Bertz CT molecular complexity index is 1190. The second-order valence-electron chi connectivity index (χ2n) is 13.0. The highest BCUT2D eigenvalue weighted by atomic mass is 79.9. The number of ether oxygens (including phenoxy) is 5. The van der Waals surface area contributed by atoms with Crippen LogP contribution in [-0.4, -0.2) is 75.9 Å². The lowest BCUT2D eigenvalue weighted by Gasteiger charge is -2.33. The van der Waals surface area contributed by atoms with Crippen molar-refractivity contribution in [2.24, 2.45) is 17.8 Å². The van der Waals surface area contributed by atoms with E-state index in [1.165, 1.54) is 34.6 Å². The second kappa shape index (κ2) is 20.5. The van der Waals surface area contributed by atoms with Crippen molar-refractivity contribution in [3.63, 3.8) is 0 Å². The Hall–Kier alpha value is -2.99. The minimum Gasteiger partial charge on any atom is -0.462 e. The van der Waals surface area contributed by atoms with Gasteiger partial charge in [0, 0.05) is 39.5 Å². The van der Waals surface area contributed by atoms with Gasteiger partial charge in [-0.15, -0.1) is 0 Å². The lowest BCUT2D eigenvalue weighted by atomic mass is 9.88. The Morgan fingerprint density at radius 1 is 1.00 bits per heavy atom. The van der Waals surface area contributed by atoms with Crippen LogP contribution in [-0.2, 0) is 47.7 Å². The van der Waals surface area contributed by atoms with Gasteiger partial charge in [0.1, 0.15) is 36.1 Å². The van der Waals surface area contributed by atoms with E-state index in [1.807, 2.05) is 52.8 Å². The molecule has 0 aromatic rings. The van der Waals surface area contributed by atoms with Crippen LogP contribution in [0.1, 0.15) is 101 Å². The van der Waals surface area contributed by atoms with Gasteiger partial charge in [0.2, 0.25) is 0 Å². The molecule has 1 N–H and O–H groups in total. The SMILES string of the molecule is CCC(OC(C)=O)C(C)C(Br)C(CC(C)C=CC=C(C)C1OC(=O)CC(OC(C)=O)CCC(C)(O)C(OC(C)=O)C=CC1C)OC(C)=O. The topological polar surface area (TPSA) is 152 Å². The molecule has 0 aromatic heterocycles. The van der Waals surface area contributed by atoms with E-state index in [0.717, 1.165) is 5.57 Å². The summed E-state index contributed by atoms with van der Waals surface area (Å²) in [4.78, 5) is 60.0. The number of cyclic esters (lactones) is 1. The minimum atomic E-state index is -1.49. The molecular formula is C36H55BrO11. The zero-order valence-corrected chi connectivity index (χ0v) is 31.6. The molecule has 0 aliphatic carbocycles. The lowest BCUT2D eigenvalue weighted by Crippen LogP contribution is -2.42. The molecule has 10 atom stereocenters. The Labute approximate surface area is 293 Å². The van der Waals surface area contributed by atoms with Gasteiger partial charge in [0.15, 0.2) is 0 Å². The van der Waals surface area contributed by atoms with E-state index in [0.29, 0.717) is 12.8 Å². The molecule has 0 radical (unpaired) electrons. The molecule has 1 aliphatic rings. The summed E-state index contributed by atoms with van der Waals surface area (Å²) in [5.41, 5.74) is -0.771. The molecule has 10 unspecified atom stereocenters. The van der Waals surface area contributed by atoms with Crippen molar-refractivity contribution in [1.82, 2.24) is 0 Å². The zero-order valence-electron chi connectivity index (χ0n) is 30.0. The summed E-state index contributed by atoms with van der Waals surface area (Å²) >= 11 is 3.70. The number of aliphatic hydroxyl groups is 1. The molecule has 0 saturated carbocycles. The number of rotatable bonds is 13. The molecule has 1 heterocycles. The third kappa shape index (κ3) is 15.5. The first kappa shape index (κ1) is 43.0. The van der Waals surface area contributed by atoms with Crippen LogP contribution in [0.4, 0.5) is 0 Å². The van der Waals surface area contributed by atoms with Crippen molar-refractivity contribution in [1.29, 1.82) is 0 Å². The molecule has 0 bridgehead atoms. The molecule has 0 amide bonds. The van der Waals surface area contributed by atoms with Crippen LogP contribution < -0.4 is 0 Å². The molecule has 0 aromatic carbocycles. The summed E-state index contributed by atoms with van der Waals surface area (Å²) in [6.07, 6.45) is 6.74. The Morgan fingerprint density at radius 2 is 1.58 bits per heavy atom.